The van der Waals surface area contributed by atoms with E-state index in [4.69, 9.17) is 9.84 Å². The van der Waals surface area contributed by atoms with Crippen LogP contribution in [0.2, 0.25) is 0 Å². The van der Waals surface area contributed by atoms with Crippen molar-refractivity contribution in [1.29, 1.82) is 0 Å². The number of hydrogen-bond acceptors (Lipinski definition) is 3. The zero-order valence-corrected chi connectivity index (χ0v) is 9.40. The molecule has 0 fully saturated rings. The van der Waals surface area contributed by atoms with Gasteiger partial charge in [0.2, 0.25) is 0 Å². The van der Waals surface area contributed by atoms with E-state index in [-0.39, 0.29) is 17.2 Å². The van der Waals surface area contributed by atoms with Gasteiger partial charge in [-0.2, -0.15) is 0 Å². The van der Waals surface area contributed by atoms with E-state index in [0.717, 1.165) is 6.42 Å². The van der Waals surface area contributed by atoms with Crippen LogP contribution >= 0.6 is 0 Å². The molecule has 2 rings (SSSR count). The molecule has 0 aliphatic carbocycles. The summed E-state index contributed by atoms with van der Waals surface area (Å²) >= 11 is 0. The molecular formula is C12H13NO4. The van der Waals surface area contributed by atoms with Crippen molar-refractivity contribution in [1.82, 2.24) is 0 Å². The fourth-order valence-electron chi connectivity index (χ4n) is 1.80. The molecule has 1 aromatic rings. The normalized spacial score (nSPS) is 17.9. The Kier molecular flexibility index (Phi) is 2.99. The number of aromatic carboxylic acids is 1. The summed E-state index contributed by atoms with van der Waals surface area (Å²) in [7, 11) is 0. The number of carboxylic acids is 1. The maximum Gasteiger partial charge on any atom is 0.337 e. The minimum atomic E-state index is -1.08. The highest BCUT2D eigenvalue weighted by Crippen LogP contribution is 2.33. The minimum absolute atomic E-state index is 0.0470. The Balaban J connectivity index is 2.37. The molecule has 1 atom stereocenters. The molecule has 2 N–H and O–H groups in total. The third kappa shape index (κ3) is 2.08. The number of benzene rings is 1. The number of carbonyl (C=O) groups excluding carboxylic acids is 1. The zero-order valence-electron chi connectivity index (χ0n) is 9.40. The fourth-order valence-corrected chi connectivity index (χ4v) is 1.80. The molecule has 1 unspecified atom stereocenters. The van der Waals surface area contributed by atoms with Gasteiger partial charge in [0.05, 0.1) is 11.3 Å². The molecule has 0 saturated carbocycles. The molecule has 5 heteroatoms. The summed E-state index contributed by atoms with van der Waals surface area (Å²) in [6.07, 6.45) is 0.908. The van der Waals surface area contributed by atoms with Crippen molar-refractivity contribution >= 4 is 17.6 Å². The Morgan fingerprint density at radius 2 is 2.29 bits per heavy atom. The van der Waals surface area contributed by atoms with Gasteiger partial charge in [0, 0.05) is 0 Å². The van der Waals surface area contributed by atoms with Gasteiger partial charge in [-0.1, -0.05) is 19.4 Å². The van der Waals surface area contributed by atoms with Crippen LogP contribution in [0.15, 0.2) is 18.2 Å². The molecule has 0 spiro atoms. The van der Waals surface area contributed by atoms with E-state index in [0.29, 0.717) is 12.2 Å². The van der Waals surface area contributed by atoms with Crippen LogP contribution in [0.3, 0.4) is 0 Å². The van der Waals surface area contributed by atoms with Gasteiger partial charge in [-0.15, -0.1) is 0 Å². The van der Waals surface area contributed by atoms with Gasteiger partial charge >= 0.3 is 5.97 Å². The largest absolute Gasteiger partial charge is 0.478 e. The van der Waals surface area contributed by atoms with Gasteiger partial charge < -0.3 is 15.2 Å². The number of fused-ring (bicyclic) bond motifs is 1. The van der Waals surface area contributed by atoms with Crippen molar-refractivity contribution < 1.29 is 19.4 Å². The van der Waals surface area contributed by atoms with Crippen LogP contribution in [0, 0.1) is 0 Å². The van der Waals surface area contributed by atoms with Crippen LogP contribution in [0.5, 0.6) is 5.75 Å². The molecule has 0 aromatic heterocycles. The minimum Gasteiger partial charge on any atom is -0.478 e. The van der Waals surface area contributed by atoms with Crippen LogP contribution in [-0.4, -0.2) is 23.1 Å². The number of anilines is 1. The first-order chi connectivity index (χ1) is 8.13. The molecule has 0 saturated heterocycles. The monoisotopic (exact) mass is 235 g/mol. The van der Waals surface area contributed by atoms with E-state index in [1.54, 1.807) is 12.1 Å². The predicted molar refractivity (Wildman–Crippen MR) is 61.4 cm³/mol. The number of rotatable bonds is 3. The molecule has 17 heavy (non-hydrogen) atoms. The highest BCUT2D eigenvalue weighted by Gasteiger charge is 2.29. The SMILES string of the molecule is CCCC1Oc2cccc(C(=O)O)c2NC1=O. The lowest BCUT2D eigenvalue weighted by molar-refractivity contribution is -0.123. The number of carboxylic acid groups (broad SMARTS) is 1. The summed E-state index contributed by atoms with van der Waals surface area (Å²) in [6, 6.07) is 4.69. The summed E-state index contributed by atoms with van der Waals surface area (Å²) in [4.78, 5) is 22.7. The summed E-state index contributed by atoms with van der Waals surface area (Å²) in [5, 5.41) is 11.6. The van der Waals surface area contributed by atoms with E-state index in [2.05, 4.69) is 5.32 Å². The highest BCUT2D eigenvalue weighted by atomic mass is 16.5. The topological polar surface area (TPSA) is 75.6 Å². The molecule has 1 aliphatic rings. The lowest BCUT2D eigenvalue weighted by atomic mass is 10.1. The zero-order chi connectivity index (χ0) is 12.4. The smallest absolute Gasteiger partial charge is 0.337 e. The molecule has 1 amide bonds. The maximum absolute atomic E-state index is 11.7. The summed E-state index contributed by atoms with van der Waals surface area (Å²) in [5.41, 5.74) is 0.295. The van der Waals surface area contributed by atoms with Crippen molar-refractivity contribution in [2.45, 2.75) is 25.9 Å². The third-order valence-corrected chi connectivity index (χ3v) is 2.62. The van der Waals surface area contributed by atoms with E-state index in [9.17, 15) is 9.59 Å². The molecule has 90 valence electrons. The first-order valence-electron chi connectivity index (χ1n) is 5.47. The van der Waals surface area contributed by atoms with Gasteiger partial charge in [-0.25, -0.2) is 4.79 Å². The van der Waals surface area contributed by atoms with Crippen molar-refractivity contribution in [3.8, 4) is 5.75 Å². The van der Waals surface area contributed by atoms with Gasteiger partial charge in [0.15, 0.2) is 6.10 Å². The Bertz CT molecular complexity index is 470. The standard InChI is InChI=1S/C12H13NO4/c1-2-4-9-11(14)13-10-7(12(15)16)5-3-6-8(10)17-9/h3,5-6,9H,2,4H2,1H3,(H,13,14)(H,15,16). The quantitative estimate of drug-likeness (QED) is 0.838. The second-order valence-electron chi connectivity index (χ2n) is 3.87. The van der Waals surface area contributed by atoms with Crippen molar-refractivity contribution in [3.63, 3.8) is 0 Å². The van der Waals surface area contributed by atoms with Crippen LogP contribution in [-0.2, 0) is 4.79 Å². The lowest BCUT2D eigenvalue weighted by Crippen LogP contribution is -2.37. The number of nitrogens with one attached hydrogen (secondary N) is 1. The molecule has 0 bridgehead atoms. The molecule has 0 radical (unpaired) electrons. The van der Waals surface area contributed by atoms with Gasteiger partial charge in [0.1, 0.15) is 5.75 Å². The average Bonchev–Trinajstić information content (AvgIpc) is 2.29. The van der Waals surface area contributed by atoms with Gasteiger partial charge in [-0.3, -0.25) is 4.79 Å². The predicted octanol–water partition coefficient (Wildman–Crippen LogP) is 1.88. The Morgan fingerprint density at radius 1 is 1.53 bits per heavy atom. The van der Waals surface area contributed by atoms with Gasteiger partial charge in [-0.05, 0) is 18.6 Å². The van der Waals surface area contributed by atoms with Gasteiger partial charge in [0.25, 0.3) is 5.91 Å². The van der Waals surface area contributed by atoms with Crippen LogP contribution in [0.25, 0.3) is 0 Å². The highest BCUT2D eigenvalue weighted by molar-refractivity contribution is 6.05. The summed E-state index contributed by atoms with van der Waals surface area (Å²) in [6.45, 7) is 1.96. The van der Waals surface area contributed by atoms with E-state index < -0.39 is 12.1 Å². The van der Waals surface area contributed by atoms with Crippen LogP contribution in [0.1, 0.15) is 30.1 Å². The van der Waals surface area contributed by atoms with E-state index >= 15 is 0 Å². The fraction of sp³-hybridized carbons (Fsp3) is 0.333. The molecule has 5 nitrogen and oxygen atoms in total. The van der Waals surface area contributed by atoms with Crippen LogP contribution in [0.4, 0.5) is 5.69 Å². The average molecular weight is 235 g/mol. The number of hydrogen-bond donors (Lipinski definition) is 2. The summed E-state index contributed by atoms with van der Waals surface area (Å²) < 4.78 is 5.50. The first-order valence-corrected chi connectivity index (χ1v) is 5.47. The van der Waals surface area contributed by atoms with E-state index in [1.807, 2.05) is 6.92 Å². The molecule has 1 heterocycles. The lowest BCUT2D eigenvalue weighted by Gasteiger charge is -2.26. The van der Waals surface area contributed by atoms with Crippen LogP contribution < -0.4 is 10.1 Å². The Labute approximate surface area is 98.4 Å². The number of para-hydroxylation sites is 1. The maximum atomic E-state index is 11.7. The number of amides is 1. The first kappa shape index (κ1) is 11.4. The molecule has 1 aromatic carbocycles. The number of ether oxygens (including phenoxy) is 1. The van der Waals surface area contributed by atoms with E-state index in [1.165, 1.54) is 6.07 Å². The Morgan fingerprint density at radius 3 is 2.94 bits per heavy atom. The van der Waals surface area contributed by atoms with Crippen molar-refractivity contribution in [3.05, 3.63) is 23.8 Å². The molecule has 1 aliphatic heterocycles. The molecular weight excluding hydrogens is 222 g/mol. The third-order valence-electron chi connectivity index (χ3n) is 2.62. The second-order valence-corrected chi connectivity index (χ2v) is 3.87. The summed E-state index contributed by atoms with van der Waals surface area (Å²) in [5.74, 6) is -0.948. The number of carbonyl (C=O) groups is 2. The van der Waals surface area contributed by atoms with Crippen molar-refractivity contribution in [2.24, 2.45) is 0 Å². The second kappa shape index (κ2) is 4.45. The van der Waals surface area contributed by atoms with Crippen molar-refractivity contribution in [2.75, 3.05) is 5.32 Å². The Hall–Kier alpha value is -2.04.